The summed E-state index contributed by atoms with van der Waals surface area (Å²) in [5, 5.41) is 5.86. The second-order valence-electron chi connectivity index (χ2n) is 3.44. The molecule has 1 aromatic rings. The predicted molar refractivity (Wildman–Crippen MR) is 64.6 cm³/mol. The summed E-state index contributed by atoms with van der Waals surface area (Å²) < 4.78 is 4.84. The molecule has 0 aliphatic rings. The topological polar surface area (TPSA) is 50.4 Å². The first-order chi connectivity index (χ1) is 7.69. The molecule has 1 rings (SSSR count). The Morgan fingerprint density at radius 1 is 1.44 bits per heavy atom. The van der Waals surface area contributed by atoms with Crippen molar-refractivity contribution < 1.29 is 9.53 Å². The molecule has 1 unspecified atom stereocenters. The van der Waals surface area contributed by atoms with Crippen molar-refractivity contribution in [3.8, 4) is 0 Å². The number of anilines is 1. The second-order valence-corrected chi connectivity index (χ2v) is 3.44. The number of carbonyl (C=O) groups is 1. The van der Waals surface area contributed by atoms with Gasteiger partial charge in [0.25, 0.3) is 0 Å². The van der Waals surface area contributed by atoms with E-state index in [9.17, 15) is 4.79 Å². The van der Waals surface area contributed by atoms with Crippen LogP contribution in [-0.4, -0.2) is 19.7 Å². The monoisotopic (exact) mass is 222 g/mol. The van der Waals surface area contributed by atoms with Gasteiger partial charge in [-0.25, -0.2) is 4.79 Å². The van der Waals surface area contributed by atoms with Gasteiger partial charge in [0.2, 0.25) is 0 Å². The molecule has 4 nitrogen and oxygen atoms in total. The van der Waals surface area contributed by atoms with Gasteiger partial charge in [0.15, 0.2) is 0 Å². The Balaban J connectivity index is 2.82. The highest BCUT2D eigenvalue weighted by Gasteiger charge is 2.10. The highest BCUT2D eigenvalue weighted by Crippen LogP contribution is 2.22. The van der Waals surface area contributed by atoms with Crippen molar-refractivity contribution in [2.24, 2.45) is 0 Å². The summed E-state index contributed by atoms with van der Waals surface area (Å²) in [6, 6.07) is 7.84. The Kier molecular flexibility index (Phi) is 4.79. The molecule has 0 spiro atoms. The molecular formula is C12H18N2O2. The lowest BCUT2D eigenvalue weighted by atomic mass is 10.1. The lowest BCUT2D eigenvalue weighted by Crippen LogP contribution is -2.18. The van der Waals surface area contributed by atoms with E-state index in [1.54, 1.807) is 6.92 Å². The molecule has 0 bridgehead atoms. The number of nitrogens with one attached hydrogen (secondary N) is 2. The zero-order chi connectivity index (χ0) is 12.0. The lowest BCUT2D eigenvalue weighted by molar-refractivity contribution is 0.168. The summed E-state index contributed by atoms with van der Waals surface area (Å²) in [4.78, 5) is 11.3. The van der Waals surface area contributed by atoms with Crippen molar-refractivity contribution in [1.82, 2.24) is 5.32 Å². The summed E-state index contributed by atoms with van der Waals surface area (Å²) in [5.74, 6) is 0. The molecule has 0 saturated heterocycles. The van der Waals surface area contributed by atoms with Gasteiger partial charge in [-0.1, -0.05) is 18.2 Å². The van der Waals surface area contributed by atoms with Gasteiger partial charge in [-0.05, 0) is 32.5 Å². The van der Waals surface area contributed by atoms with Crippen LogP contribution in [0.25, 0.3) is 0 Å². The molecule has 4 heteroatoms. The third-order valence-electron chi connectivity index (χ3n) is 2.37. The Labute approximate surface area is 96.0 Å². The normalized spacial score (nSPS) is 11.9. The minimum atomic E-state index is -0.418. The number of benzene rings is 1. The van der Waals surface area contributed by atoms with Crippen LogP contribution in [0.1, 0.15) is 25.5 Å². The first-order valence-electron chi connectivity index (χ1n) is 5.39. The highest BCUT2D eigenvalue weighted by molar-refractivity contribution is 5.85. The zero-order valence-electron chi connectivity index (χ0n) is 9.91. The SMILES string of the molecule is CCOC(=O)Nc1ccccc1C(C)NC. The maximum absolute atomic E-state index is 11.3. The first-order valence-corrected chi connectivity index (χ1v) is 5.39. The van der Waals surface area contributed by atoms with E-state index in [2.05, 4.69) is 10.6 Å². The highest BCUT2D eigenvalue weighted by atomic mass is 16.5. The number of carbonyl (C=O) groups excluding carboxylic acids is 1. The molecule has 0 aliphatic carbocycles. The molecule has 88 valence electrons. The second kappa shape index (κ2) is 6.12. The summed E-state index contributed by atoms with van der Waals surface area (Å²) in [6.45, 7) is 4.18. The molecule has 0 heterocycles. The third-order valence-corrected chi connectivity index (χ3v) is 2.37. The molecule has 1 amide bonds. The van der Waals surface area contributed by atoms with Crippen molar-refractivity contribution in [1.29, 1.82) is 0 Å². The average Bonchev–Trinajstić information content (AvgIpc) is 2.29. The molecule has 2 N–H and O–H groups in total. The Hall–Kier alpha value is -1.55. The van der Waals surface area contributed by atoms with Gasteiger partial charge in [0.1, 0.15) is 0 Å². The van der Waals surface area contributed by atoms with Crippen LogP contribution < -0.4 is 10.6 Å². The van der Waals surface area contributed by atoms with Crippen molar-refractivity contribution in [2.75, 3.05) is 19.0 Å². The molecular weight excluding hydrogens is 204 g/mol. The molecule has 0 fully saturated rings. The van der Waals surface area contributed by atoms with Crippen LogP contribution in [0.4, 0.5) is 10.5 Å². The Morgan fingerprint density at radius 3 is 2.75 bits per heavy atom. The van der Waals surface area contributed by atoms with Crippen molar-refractivity contribution in [3.63, 3.8) is 0 Å². The van der Waals surface area contributed by atoms with Gasteiger partial charge in [-0.15, -0.1) is 0 Å². The van der Waals surface area contributed by atoms with Crippen LogP contribution in [0, 0.1) is 0 Å². The van der Waals surface area contributed by atoms with E-state index in [0.717, 1.165) is 11.3 Å². The van der Waals surface area contributed by atoms with Gasteiger partial charge in [-0.2, -0.15) is 0 Å². The molecule has 1 atom stereocenters. The van der Waals surface area contributed by atoms with E-state index < -0.39 is 6.09 Å². The first kappa shape index (κ1) is 12.5. The fourth-order valence-corrected chi connectivity index (χ4v) is 1.42. The van der Waals surface area contributed by atoms with Crippen molar-refractivity contribution >= 4 is 11.8 Å². The van der Waals surface area contributed by atoms with Gasteiger partial charge >= 0.3 is 6.09 Å². The lowest BCUT2D eigenvalue weighted by Gasteiger charge is -2.16. The fourth-order valence-electron chi connectivity index (χ4n) is 1.42. The van der Waals surface area contributed by atoms with E-state index in [1.807, 2.05) is 38.2 Å². The smallest absolute Gasteiger partial charge is 0.411 e. The average molecular weight is 222 g/mol. The molecule has 0 saturated carbocycles. The van der Waals surface area contributed by atoms with Crippen molar-refractivity contribution in [3.05, 3.63) is 29.8 Å². The quantitative estimate of drug-likeness (QED) is 0.823. The minimum absolute atomic E-state index is 0.179. The summed E-state index contributed by atoms with van der Waals surface area (Å²) in [5.41, 5.74) is 1.82. The number of rotatable bonds is 4. The molecule has 16 heavy (non-hydrogen) atoms. The van der Waals surface area contributed by atoms with Crippen LogP contribution in [0.5, 0.6) is 0 Å². The predicted octanol–water partition coefficient (Wildman–Crippen LogP) is 2.54. The Bertz CT molecular complexity index is 353. The number of para-hydroxylation sites is 1. The van der Waals surface area contributed by atoms with Crippen LogP contribution in [-0.2, 0) is 4.74 Å². The summed E-state index contributed by atoms with van der Waals surface area (Å²) >= 11 is 0. The standard InChI is InChI=1S/C12H18N2O2/c1-4-16-12(15)14-11-8-6-5-7-10(11)9(2)13-3/h5-9,13H,4H2,1-3H3,(H,14,15). The largest absolute Gasteiger partial charge is 0.450 e. The summed E-state index contributed by atoms with van der Waals surface area (Å²) in [6.07, 6.45) is -0.418. The minimum Gasteiger partial charge on any atom is -0.450 e. The molecule has 1 aromatic carbocycles. The van der Waals surface area contributed by atoms with E-state index >= 15 is 0 Å². The van der Waals surface area contributed by atoms with Crippen LogP contribution in [0.3, 0.4) is 0 Å². The van der Waals surface area contributed by atoms with Crippen LogP contribution in [0.15, 0.2) is 24.3 Å². The van der Waals surface area contributed by atoms with E-state index in [-0.39, 0.29) is 6.04 Å². The third kappa shape index (κ3) is 3.24. The Morgan fingerprint density at radius 2 is 2.12 bits per heavy atom. The van der Waals surface area contributed by atoms with E-state index in [1.165, 1.54) is 0 Å². The van der Waals surface area contributed by atoms with Gasteiger partial charge < -0.3 is 10.1 Å². The van der Waals surface area contributed by atoms with Crippen LogP contribution in [0.2, 0.25) is 0 Å². The van der Waals surface area contributed by atoms with Crippen molar-refractivity contribution in [2.45, 2.75) is 19.9 Å². The van der Waals surface area contributed by atoms with Gasteiger partial charge in [-0.3, -0.25) is 5.32 Å². The zero-order valence-corrected chi connectivity index (χ0v) is 9.91. The molecule has 0 radical (unpaired) electrons. The fraction of sp³-hybridized carbons (Fsp3) is 0.417. The maximum atomic E-state index is 11.3. The summed E-state index contributed by atoms with van der Waals surface area (Å²) in [7, 11) is 1.88. The van der Waals surface area contributed by atoms with Gasteiger partial charge in [0, 0.05) is 11.7 Å². The number of hydrogen-bond donors (Lipinski definition) is 2. The maximum Gasteiger partial charge on any atom is 0.411 e. The number of amides is 1. The number of ether oxygens (including phenoxy) is 1. The molecule has 0 aliphatic heterocycles. The van der Waals surface area contributed by atoms with E-state index in [4.69, 9.17) is 4.74 Å². The molecule has 0 aromatic heterocycles. The van der Waals surface area contributed by atoms with Crippen LogP contribution >= 0.6 is 0 Å². The number of hydrogen-bond acceptors (Lipinski definition) is 3. The van der Waals surface area contributed by atoms with E-state index in [0.29, 0.717) is 6.61 Å². The van der Waals surface area contributed by atoms with Gasteiger partial charge in [0.05, 0.1) is 6.61 Å².